The fourth-order valence-corrected chi connectivity index (χ4v) is 1.69. The molecule has 72 valence electrons. The van der Waals surface area contributed by atoms with E-state index in [-0.39, 0.29) is 0 Å². The molecule has 0 amide bonds. The van der Waals surface area contributed by atoms with Crippen molar-refractivity contribution in [3.05, 3.63) is 29.6 Å². The SMILES string of the molecule is N#Cc1ccc(C2CCCOC2)nc1. The van der Waals surface area contributed by atoms with Crippen LogP contribution in [0, 0.1) is 11.3 Å². The average molecular weight is 188 g/mol. The lowest BCUT2D eigenvalue weighted by Crippen LogP contribution is -2.16. The Balaban J connectivity index is 2.12. The second kappa shape index (κ2) is 4.21. The van der Waals surface area contributed by atoms with E-state index in [0.29, 0.717) is 11.5 Å². The first-order valence-corrected chi connectivity index (χ1v) is 4.84. The number of hydrogen-bond donors (Lipinski definition) is 0. The molecule has 14 heavy (non-hydrogen) atoms. The molecular weight excluding hydrogens is 176 g/mol. The molecule has 0 radical (unpaired) electrons. The number of nitriles is 1. The van der Waals surface area contributed by atoms with Crippen LogP contribution >= 0.6 is 0 Å². The fraction of sp³-hybridized carbons (Fsp3) is 0.455. The van der Waals surface area contributed by atoms with Crippen LogP contribution in [0.3, 0.4) is 0 Å². The van der Waals surface area contributed by atoms with Crippen molar-refractivity contribution in [2.24, 2.45) is 0 Å². The van der Waals surface area contributed by atoms with Gasteiger partial charge in [0.1, 0.15) is 6.07 Å². The lowest BCUT2D eigenvalue weighted by molar-refractivity contribution is 0.0793. The molecule has 1 aliphatic heterocycles. The predicted molar refractivity (Wildman–Crippen MR) is 51.7 cm³/mol. The van der Waals surface area contributed by atoms with E-state index < -0.39 is 0 Å². The minimum Gasteiger partial charge on any atom is -0.381 e. The van der Waals surface area contributed by atoms with Crippen molar-refractivity contribution in [1.82, 2.24) is 4.98 Å². The highest BCUT2D eigenvalue weighted by atomic mass is 16.5. The van der Waals surface area contributed by atoms with E-state index in [1.54, 1.807) is 6.20 Å². The van der Waals surface area contributed by atoms with Gasteiger partial charge in [0.15, 0.2) is 0 Å². The summed E-state index contributed by atoms with van der Waals surface area (Å²) < 4.78 is 5.39. The molecule has 1 aliphatic rings. The summed E-state index contributed by atoms with van der Waals surface area (Å²) in [7, 11) is 0. The van der Waals surface area contributed by atoms with Gasteiger partial charge in [0.25, 0.3) is 0 Å². The maximum Gasteiger partial charge on any atom is 0.101 e. The molecule has 0 aliphatic carbocycles. The Morgan fingerprint density at radius 1 is 1.50 bits per heavy atom. The van der Waals surface area contributed by atoms with Gasteiger partial charge in [-0.15, -0.1) is 0 Å². The average Bonchev–Trinajstić information content (AvgIpc) is 2.30. The van der Waals surface area contributed by atoms with E-state index in [2.05, 4.69) is 11.1 Å². The summed E-state index contributed by atoms with van der Waals surface area (Å²) in [5, 5.41) is 8.62. The lowest BCUT2D eigenvalue weighted by atomic mass is 9.98. The first-order valence-electron chi connectivity index (χ1n) is 4.84. The van der Waals surface area contributed by atoms with Crippen LogP contribution in [0.5, 0.6) is 0 Å². The van der Waals surface area contributed by atoms with Gasteiger partial charge in [0.05, 0.1) is 12.2 Å². The zero-order valence-electron chi connectivity index (χ0n) is 7.94. The molecule has 3 nitrogen and oxygen atoms in total. The molecule has 0 aromatic carbocycles. The van der Waals surface area contributed by atoms with E-state index in [1.807, 2.05) is 12.1 Å². The molecule has 2 rings (SSSR count). The van der Waals surface area contributed by atoms with Crippen LogP contribution in [-0.4, -0.2) is 18.2 Å². The molecule has 0 N–H and O–H groups in total. The van der Waals surface area contributed by atoms with Crippen LogP contribution in [0.25, 0.3) is 0 Å². The van der Waals surface area contributed by atoms with Crippen molar-refractivity contribution in [3.63, 3.8) is 0 Å². The molecule has 1 unspecified atom stereocenters. The Hall–Kier alpha value is -1.40. The van der Waals surface area contributed by atoms with Gasteiger partial charge in [-0.3, -0.25) is 4.98 Å². The first-order chi connectivity index (χ1) is 6.90. The smallest absolute Gasteiger partial charge is 0.101 e. The van der Waals surface area contributed by atoms with Gasteiger partial charge in [-0.05, 0) is 25.0 Å². The summed E-state index contributed by atoms with van der Waals surface area (Å²) in [6, 6.07) is 5.81. The van der Waals surface area contributed by atoms with Gasteiger partial charge in [-0.25, -0.2) is 0 Å². The van der Waals surface area contributed by atoms with Crippen LogP contribution < -0.4 is 0 Å². The molecular formula is C11H12N2O. The Labute approximate surface area is 83.3 Å². The van der Waals surface area contributed by atoms with Gasteiger partial charge in [-0.2, -0.15) is 5.26 Å². The second-order valence-electron chi connectivity index (χ2n) is 3.50. The molecule has 3 heteroatoms. The minimum atomic E-state index is 0.413. The zero-order valence-corrected chi connectivity index (χ0v) is 7.94. The highest BCUT2D eigenvalue weighted by molar-refractivity contribution is 5.27. The summed E-state index contributed by atoms with van der Waals surface area (Å²) in [6.07, 6.45) is 3.87. The minimum absolute atomic E-state index is 0.413. The van der Waals surface area contributed by atoms with Crippen molar-refractivity contribution in [3.8, 4) is 6.07 Å². The van der Waals surface area contributed by atoms with Gasteiger partial charge >= 0.3 is 0 Å². The Kier molecular flexibility index (Phi) is 2.76. The molecule has 0 saturated carbocycles. The number of aromatic nitrogens is 1. The number of pyridine rings is 1. The maximum atomic E-state index is 8.62. The second-order valence-corrected chi connectivity index (χ2v) is 3.50. The number of hydrogen-bond acceptors (Lipinski definition) is 3. The van der Waals surface area contributed by atoms with Gasteiger partial charge < -0.3 is 4.74 Å². The predicted octanol–water partition coefficient (Wildman–Crippen LogP) is 1.85. The van der Waals surface area contributed by atoms with Gasteiger partial charge in [0.2, 0.25) is 0 Å². The molecule has 0 bridgehead atoms. The van der Waals surface area contributed by atoms with E-state index in [1.165, 1.54) is 0 Å². The summed E-state index contributed by atoms with van der Waals surface area (Å²) in [6.45, 7) is 1.63. The lowest BCUT2D eigenvalue weighted by Gasteiger charge is -2.21. The normalized spacial score (nSPS) is 21.5. The number of nitrogens with zero attached hydrogens (tertiary/aromatic N) is 2. The molecule has 1 aromatic rings. The molecule has 2 heterocycles. The van der Waals surface area contributed by atoms with Gasteiger partial charge in [-0.1, -0.05) is 0 Å². The topological polar surface area (TPSA) is 45.9 Å². The van der Waals surface area contributed by atoms with Crippen LogP contribution in [-0.2, 0) is 4.74 Å². The van der Waals surface area contributed by atoms with Crippen LogP contribution in [0.2, 0.25) is 0 Å². The van der Waals surface area contributed by atoms with Crippen molar-refractivity contribution < 1.29 is 4.74 Å². The summed E-state index contributed by atoms with van der Waals surface area (Å²) in [5.41, 5.74) is 1.66. The first kappa shape index (κ1) is 9.17. The summed E-state index contributed by atoms with van der Waals surface area (Å²) >= 11 is 0. The Bertz CT molecular complexity index is 333. The molecule has 1 atom stereocenters. The van der Waals surface area contributed by atoms with Crippen molar-refractivity contribution in [2.45, 2.75) is 18.8 Å². The van der Waals surface area contributed by atoms with Crippen molar-refractivity contribution in [1.29, 1.82) is 5.26 Å². The number of rotatable bonds is 1. The van der Waals surface area contributed by atoms with Crippen molar-refractivity contribution in [2.75, 3.05) is 13.2 Å². The Morgan fingerprint density at radius 3 is 3.00 bits per heavy atom. The highest BCUT2D eigenvalue weighted by Crippen LogP contribution is 2.23. The molecule has 1 fully saturated rings. The number of ether oxygens (including phenoxy) is 1. The maximum absolute atomic E-state index is 8.62. The Morgan fingerprint density at radius 2 is 2.43 bits per heavy atom. The summed E-state index contributed by atoms with van der Waals surface area (Å²) in [4.78, 5) is 4.27. The fourth-order valence-electron chi connectivity index (χ4n) is 1.69. The summed E-state index contributed by atoms with van der Waals surface area (Å²) in [5.74, 6) is 0.413. The van der Waals surface area contributed by atoms with E-state index in [9.17, 15) is 0 Å². The van der Waals surface area contributed by atoms with Crippen LogP contribution in [0.4, 0.5) is 0 Å². The monoisotopic (exact) mass is 188 g/mol. The standard InChI is InChI=1S/C11H12N2O/c12-6-9-3-4-11(13-7-9)10-2-1-5-14-8-10/h3-4,7,10H,1-2,5,8H2. The van der Waals surface area contributed by atoms with Crippen LogP contribution in [0.15, 0.2) is 18.3 Å². The van der Waals surface area contributed by atoms with E-state index in [0.717, 1.165) is 31.7 Å². The van der Waals surface area contributed by atoms with Crippen molar-refractivity contribution >= 4 is 0 Å². The largest absolute Gasteiger partial charge is 0.381 e. The third kappa shape index (κ3) is 1.91. The third-order valence-corrected chi connectivity index (χ3v) is 2.49. The molecule has 1 saturated heterocycles. The highest BCUT2D eigenvalue weighted by Gasteiger charge is 2.16. The quantitative estimate of drug-likeness (QED) is 0.675. The van der Waals surface area contributed by atoms with Crippen LogP contribution in [0.1, 0.15) is 30.0 Å². The third-order valence-electron chi connectivity index (χ3n) is 2.49. The molecule has 1 aromatic heterocycles. The van der Waals surface area contributed by atoms with E-state index in [4.69, 9.17) is 10.00 Å². The zero-order chi connectivity index (χ0) is 9.80. The molecule has 0 spiro atoms. The van der Waals surface area contributed by atoms with E-state index >= 15 is 0 Å². The van der Waals surface area contributed by atoms with Gasteiger partial charge in [0, 0.05) is 24.4 Å².